The number of ether oxygens (including phenoxy) is 1. The van der Waals surface area contributed by atoms with Crippen molar-refractivity contribution in [2.45, 2.75) is 31.6 Å². The summed E-state index contributed by atoms with van der Waals surface area (Å²) in [6.45, 7) is 2.87. The summed E-state index contributed by atoms with van der Waals surface area (Å²) in [7, 11) is 0. The van der Waals surface area contributed by atoms with E-state index in [-0.39, 0.29) is 23.9 Å². The number of halogens is 1. The van der Waals surface area contributed by atoms with Crippen LogP contribution in [0, 0.1) is 5.82 Å². The van der Waals surface area contributed by atoms with Gasteiger partial charge in [-0.2, -0.15) is 0 Å². The molecule has 25 heavy (non-hydrogen) atoms. The second-order valence-corrected chi connectivity index (χ2v) is 6.53. The van der Waals surface area contributed by atoms with Crippen molar-refractivity contribution in [1.29, 1.82) is 0 Å². The number of nitrogens with two attached hydrogens (primary N) is 1. The lowest BCUT2D eigenvalue weighted by atomic mass is 10.0. The van der Waals surface area contributed by atoms with E-state index in [0.29, 0.717) is 19.5 Å². The van der Waals surface area contributed by atoms with E-state index in [2.05, 4.69) is 0 Å². The fourth-order valence-corrected chi connectivity index (χ4v) is 3.18. The Bertz CT molecular complexity index is 705. The monoisotopic (exact) mass is 342 g/mol. The summed E-state index contributed by atoms with van der Waals surface area (Å²) in [6.07, 6.45) is 0.140. The van der Waals surface area contributed by atoms with Gasteiger partial charge in [-0.05, 0) is 36.6 Å². The molecule has 1 amide bonds. The Kier molecular flexibility index (Phi) is 5.46. The van der Waals surface area contributed by atoms with E-state index in [1.54, 1.807) is 17.0 Å². The molecule has 2 aromatic carbocycles. The van der Waals surface area contributed by atoms with Crippen LogP contribution in [0.3, 0.4) is 0 Å². The summed E-state index contributed by atoms with van der Waals surface area (Å²) in [5.41, 5.74) is 8.05. The smallest absolute Gasteiger partial charge is 0.240 e. The van der Waals surface area contributed by atoms with E-state index >= 15 is 0 Å². The lowest BCUT2D eigenvalue weighted by Gasteiger charge is -2.38. The predicted octanol–water partition coefficient (Wildman–Crippen LogP) is 2.68. The number of rotatable bonds is 4. The maximum Gasteiger partial charge on any atom is 0.240 e. The van der Waals surface area contributed by atoms with Crippen molar-refractivity contribution in [2.75, 3.05) is 13.1 Å². The Balaban J connectivity index is 1.68. The van der Waals surface area contributed by atoms with Gasteiger partial charge in [0.2, 0.25) is 5.91 Å². The molecule has 3 atom stereocenters. The Morgan fingerprint density at radius 2 is 1.88 bits per heavy atom. The van der Waals surface area contributed by atoms with Gasteiger partial charge >= 0.3 is 0 Å². The van der Waals surface area contributed by atoms with Crippen molar-refractivity contribution in [3.05, 3.63) is 71.5 Å². The van der Waals surface area contributed by atoms with Gasteiger partial charge in [0.15, 0.2) is 0 Å². The summed E-state index contributed by atoms with van der Waals surface area (Å²) in [4.78, 5) is 14.5. The first-order chi connectivity index (χ1) is 12.0. The molecule has 0 aliphatic carbocycles. The molecule has 0 unspecified atom stereocenters. The minimum absolute atomic E-state index is 0.0777. The maximum atomic E-state index is 13.1. The average Bonchev–Trinajstić information content (AvgIpc) is 2.62. The normalized spacial score (nSPS) is 21.8. The third kappa shape index (κ3) is 4.44. The van der Waals surface area contributed by atoms with Crippen LogP contribution >= 0.6 is 0 Å². The van der Waals surface area contributed by atoms with Crippen molar-refractivity contribution in [3.63, 3.8) is 0 Å². The van der Waals surface area contributed by atoms with E-state index in [1.165, 1.54) is 12.1 Å². The number of hydrogen-bond acceptors (Lipinski definition) is 3. The highest BCUT2D eigenvalue weighted by atomic mass is 19.1. The fraction of sp³-hybridized carbons (Fsp3) is 0.350. The van der Waals surface area contributed by atoms with Gasteiger partial charge in [0.05, 0.1) is 18.7 Å². The molecule has 1 heterocycles. The summed E-state index contributed by atoms with van der Waals surface area (Å²) in [5, 5.41) is 0. The van der Waals surface area contributed by atoms with Crippen molar-refractivity contribution in [3.8, 4) is 0 Å². The van der Waals surface area contributed by atoms with E-state index in [0.717, 1.165) is 11.1 Å². The van der Waals surface area contributed by atoms with Gasteiger partial charge in [-0.3, -0.25) is 4.79 Å². The first kappa shape index (κ1) is 17.6. The highest BCUT2D eigenvalue weighted by molar-refractivity contribution is 5.82. The summed E-state index contributed by atoms with van der Waals surface area (Å²) >= 11 is 0. The molecule has 0 bridgehead atoms. The van der Waals surface area contributed by atoms with Crippen molar-refractivity contribution >= 4 is 5.91 Å². The van der Waals surface area contributed by atoms with Gasteiger partial charge < -0.3 is 15.4 Å². The Morgan fingerprint density at radius 1 is 1.20 bits per heavy atom. The average molecular weight is 342 g/mol. The summed E-state index contributed by atoms with van der Waals surface area (Å²) in [6, 6.07) is 15.4. The number of morpholine rings is 1. The minimum Gasteiger partial charge on any atom is -0.367 e. The third-order valence-electron chi connectivity index (χ3n) is 4.43. The van der Waals surface area contributed by atoms with Crippen LogP contribution in [-0.4, -0.2) is 36.0 Å². The van der Waals surface area contributed by atoms with E-state index in [1.807, 2.05) is 37.3 Å². The molecule has 4 nitrogen and oxygen atoms in total. The summed E-state index contributed by atoms with van der Waals surface area (Å²) < 4.78 is 19.1. The van der Waals surface area contributed by atoms with E-state index in [4.69, 9.17) is 10.5 Å². The van der Waals surface area contributed by atoms with Crippen molar-refractivity contribution in [1.82, 2.24) is 4.90 Å². The molecule has 0 saturated carbocycles. The molecule has 1 aliphatic rings. The van der Waals surface area contributed by atoms with Gasteiger partial charge in [-0.15, -0.1) is 0 Å². The predicted molar refractivity (Wildman–Crippen MR) is 94.4 cm³/mol. The van der Waals surface area contributed by atoms with Crippen LogP contribution in [0.25, 0.3) is 0 Å². The Morgan fingerprint density at radius 3 is 2.56 bits per heavy atom. The Labute approximate surface area is 147 Å². The molecule has 0 aromatic heterocycles. The van der Waals surface area contributed by atoms with Crippen LogP contribution in [0.4, 0.5) is 4.39 Å². The van der Waals surface area contributed by atoms with Gasteiger partial charge in [-0.1, -0.05) is 42.5 Å². The van der Waals surface area contributed by atoms with Crippen LogP contribution in [-0.2, 0) is 16.0 Å². The molecule has 132 valence electrons. The number of carbonyl (C=O) groups is 1. The number of hydrogen-bond donors (Lipinski definition) is 1. The lowest BCUT2D eigenvalue weighted by molar-refractivity contribution is -0.146. The second-order valence-electron chi connectivity index (χ2n) is 6.53. The van der Waals surface area contributed by atoms with Crippen molar-refractivity contribution < 1.29 is 13.9 Å². The standard InChI is InChI=1S/C20H23FN2O2/c1-14-12-23(13-19(25-14)16-7-9-17(21)10-8-16)20(24)18(22)11-15-5-3-2-4-6-15/h2-10,14,18-19H,11-13,22H2,1H3/t14-,18+,19-/m1/s1. The lowest BCUT2D eigenvalue weighted by Crippen LogP contribution is -2.52. The first-order valence-electron chi connectivity index (χ1n) is 8.52. The zero-order chi connectivity index (χ0) is 17.8. The molecule has 1 saturated heterocycles. The fourth-order valence-electron chi connectivity index (χ4n) is 3.18. The molecule has 5 heteroatoms. The maximum absolute atomic E-state index is 13.1. The minimum atomic E-state index is -0.582. The van der Waals surface area contributed by atoms with Crippen molar-refractivity contribution in [2.24, 2.45) is 5.73 Å². The van der Waals surface area contributed by atoms with E-state index < -0.39 is 6.04 Å². The molecule has 1 aliphatic heterocycles. The highest BCUT2D eigenvalue weighted by Gasteiger charge is 2.31. The zero-order valence-electron chi connectivity index (χ0n) is 14.3. The van der Waals surface area contributed by atoms with Gasteiger partial charge in [-0.25, -0.2) is 4.39 Å². The first-order valence-corrected chi connectivity index (χ1v) is 8.52. The second kappa shape index (κ2) is 7.76. The molecule has 1 fully saturated rings. The molecular weight excluding hydrogens is 319 g/mol. The number of nitrogens with zero attached hydrogens (tertiary/aromatic N) is 1. The largest absolute Gasteiger partial charge is 0.367 e. The number of carbonyl (C=O) groups excluding carboxylic acids is 1. The molecule has 3 rings (SSSR count). The van der Waals surface area contributed by atoms with Gasteiger partial charge in [0.1, 0.15) is 11.9 Å². The van der Waals surface area contributed by atoms with Crippen LogP contribution in [0.2, 0.25) is 0 Å². The van der Waals surface area contributed by atoms with Crippen LogP contribution in [0.1, 0.15) is 24.2 Å². The van der Waals surface area contributed by atoms with E-state index in [9.17, 15) is 9.18 Å². The number of amides is 1. The third-order valence-corrected chi connectivity index (χ3v) is 4.43. The highest BCUT2D eigenvalue weighted by Crippen LogP contribution is 2.26. The van der Waals surface area contributed by atoms with Crippen LogP contribution in [0.15, 0.2) is 54.6 Å². The number of benzene rings is 2. The molecule has 0 radical (unpaired) electrons. The van der Waals surface area contributed by atoms with Crippen LogP contribution < -0.4 is 5.73 Å². The molecule has 0 spiro atoms. The topological polar surface area (TPSA) is 55.6 Å². The SMILES string of the molecule is C[C@@H]1CN(C(=O)[C@@H](N)Cc2ccccc2)C[C@H](c2ccc(F)cc2)O1. The molecular formula is C20H23FN2O2. The summed E-state index contributed by atoms with van der Waals surface area (Å²) in [5.74, 6) is -0.364. The zero-order valence-corrected chi connectivity index (χ0v) is 14.3. The van der Waals surface area contributed by atoms with Gasteiger partial charge in [0.25, 0.3) is 0 Å². The molecule has 2 N–H and O–H groups in total. The molecule has 2 aromatic rings. The van der Waals surface area contributed by atoms with Crippen LogP contribution in [0.5, 0.6) is 0 Å². The van der Waals surface area contributed by atoms with Gasteiger partial charge in [0, 0.05) is 6.54 Å². The quantitative estimate of drug-likeness (QED) is 0.929. The Hall–Kier alpha value is -2.24.